The number of urea groups is 1. The molecule has 4 heteroatoms. The Morgan fingerprint density at radius 2 is 2.11 bits per heavy atom. The number of rotatable bonds is 5. The van der Waals surface area contributed by atoms with E-state index in [0.29, 0.717) is 12.6 Å². The van der Waals surface area contributed by atoms with E-state index in [2.05, 4.69) is 25.2 Å². The van der Waals surface area contributed by atoms with Gasteiger partial charge in [-0.05, 0) is 31.5 Å². The van der Waals surface area contributed by atoms with E-state index in [9.17, 15) is 4.79 Å². The highest BCUT2D eigenvalue weighted by Crippen LogP contribution is 2.27. The Kier molecular flexibility index (Phi) is 4.43. The smallest absolute Gasteiger partial charge is 0.323 e. The van der Waals surface area contributed by atoms with Crippen molar-refractivity contribution in [1.29, 1.82) is 0 Å². The maximum absolute atomic E-state index is 12.3. The van der Waals surface area contributed by atoms with Gasteiger partial charge in [0, 0.05) is 26.2 Å². The number of hydrogen-bond acceptors (Lipinski definition) is 2. The fraction of sp³-hybridized carbons (Fsp3) is 0.533. The number of amides is 2. The van der Waals surface area contributed by atoms with Crippen molar-refractivity contribution in [2.45, 2.75) is 32.9 Å². The fourth-order valence-corrected chi connectivity index (χ4v) is 2.53. The highest BCUT2D eigenvalue weighted by Gasteiger charge is 2.27. The van der Waals surface area contributed by atoms with E-state index in [0.717, 1.165) is 25.2 Å². The summed E-state index contributed by atoms with van der Waals surface area (Å²) in [6.07, 6.45) is 0.960. The number of carbonyl (C=O) groups excluding carboxylic acids is 1. The summed E-state index contributed by atoms with van der Waals surface area (Å²) < 4.78 is 0. The molecule has 0 spiro atoms. The van der Waals surface area contributed by atoms with Gasteiger partial charge in [0.15, 0.2) is 0 Å². The summed E-state index contributed by atoms with van der Waals surface area (Å²) in [6, 6.07) is 8.69. The molecule has 0 saturated carbocycles. The molecule has 0 bridgehead atoms. The van der Waals surface area contributed by atoms with Gasteiger partial charge in [-0.2, -0.15) is 0 Å². The molecule has 1 heterocycles. The van der Waals surface area contributed by atoms with Crippen LogP contribution in [-0.2, 0) is 6.54 Å². The van der Waals surface area contributed by atoms with E-state index in [1.54, 1.807) is 4.90 Å². The van der Waals surface area contributed by atoms with Gasteiger partial charge in [0.1, 0.15) is 0 Å². The van der Waals surface area contributed by atoms with Crippen LogP contribution in [0, 0.1) is 0 Å². The molecule has 0 radical (unpaired) electrons. The zero-order valence-corrected chi connectivity index (χ0v) is 12.0. The number of para-hydroxylation sites is 1. The van der Waals surface area contributed by atoms with E-state index in [1.165, 1.54) is 5.56 Å². The topological polar surface area (TPSA) is 35.6 Å². The lowest BCUT2D eigenvalue weighted by molar-refractivity contribution is 0.210. The summed E-state index contributed by atoms with van der Waals surface area (Å²) in [7, 11) is 1.86. The molecule has 1 N–H and O–H groups in total. The van der Waals surface area contributed by atoms with Gasteiger partial charge >= 0.3 is 6.03 Å². The molecule has 0 saturated heterocycles. The Morgan fingerprint density at radius 1 is 1.37 bits per heavy atom. The molecule has 0 aromatic heterocycles. The van der Waals surface area contributed by atoms with Crippen molar-refractivity contribution in [2.75, 3.05) is 25.0 Å². The van der Waals surface area contributed by atoms with Gasteiger partial charge in [-0.1, -0.05) is 25.1 Å². The van der Waals surface area contributed by atoms with Gasteiger partial charge in [-0.15, -0.1) is 0 Å². The highest BCUT2D eigenvalue weighted by atomic mass is 16.2. The first kappa shape index (κ1) is 13.9. The van der Waals surface area contributed by atoms with Gasteiger partial charge in [0.05, 0.1) is 5.69 Å². The minimum Gasteiger partial charge on any atom is -0.323 e. The average Bonchev–Trinajstić information content (AvgIpc) is 2.39. The van der Waals surface area contributed by atoms with Crippen molar-refractivity contribution >= 4 is 11.7 Å². The van der Waals surface area contributed by atoms with E-state index in [-0.39, 0.29) is 6.03 Å². The molecule has 0 fully saturated rings. The van der Waals surface area contributed by atoms with Crippen molar-refractivity contribution in [3.8, 4) is 0 Å². The third-order valence-corrected chi connectivity index (χ3v) is 3.59. The minimum absolute atomic E-state index is 0.0994. The highest BCUT2D eigenvalue weighted by molar-refractivity contribution is 5.94. The summed E-state index contributed by atoms with van der Waals surface area (Å²) in [5, 5.41) is 3.38. The van der Waals surface area contributed by atoms with Gasteiger partial charge < -0.3 is 10.2 Å². The van der Waals surface area contributed by atoms with Crippen molar-refractivity contribution in [1.82, 2.24) is 10.2 Å². The van der Waals surface area contributed by atoms with E-state index in [4.69, 9.17) is 0 Å². The van der Waals surface area contributed by atoms with Gasteiger partial charge in [-0.3, -0.25) is 4.90 Å². The monoisotopic (exact) mass is 261 g/mol. The molecule has 19 heavy (non-hydrogen) atoms. The lowest BCUT2D eigenvalue weighted by Gasteiger charge is -2.35. The van der Waals surface area contributed by atoms with Crippen molar-refractivity contribution < 1.29 is 4.79 Å². The Bertz CT molecular complexity index is 447. The SMILES string of the molecule is CCNC(C)CCN1C(=O)N(C)Cc2ccccc21. The molecule has 1 unspecified atom stereocenters. The maximum Gasteiger partial charge on any atom is 0.324 e. The largest absolute Gasteiger partial charge is 0.324 e. The number of hydrogen-bond donors (Lipinski definition) is 1. The number of nitrogens with zero attached hydrogens (tertiary/aromatic N) is 2. The molecular formula is C15H23N3O. The second-order valence-electron chi connectivity index (χ2n) is 5.17. The molecule has 1 aliphatic rings. The van der Waals surface area contributed by atoms with Crippen LogP contribution in [0.15, 0.2) is 24.3 Å². The van der Waals surface area contributed by atoms with E-state index < -0.39 is 0 Å². The number of carbonyl (C=O) groups is 1. The van der Waals surface area contributed by atoms with Crippen molar-refractivity contribution in [3.63, 3.8) is 0 Å². The molecule has 1 aromatic rings. The summed E-state index contributed by atoms with van der Waals surface area (Å²) in [5.74, 6) is 0. The third-order valence-electron chi connectivity index (χ3n) is 3.59. The van der Waals surface area contributed by atoms with Gasteiger partial charge in [0.25, 0.3) is 0 Å². The number of anilines is 1. The lowest BCUT2D eigenvalue weighted by Crippen LogP contribution is -2.46. The standard InChI is InChI=1S/C15H23N3O/c1-4-16-12(2)9-10-18-14-8-6-5-7-13(14)11-17(3)15(18)19/h5-8,12,16H,4,9-11H2,1-3H3. The number of benzene rings is 1. The van der Waals surface area contributed by atoms with Crippen LogP contribution >= 0.6 is 0 Å². The van der Waals surface area contributed by atoms with Crippen LogP contribution in [0.2, 0.25) is 0 Å². The fourth-order valence-electron chi connectivity index (χ4n) is 2.53. The molecule has 1 atom stereocenters. The number of fused-ring (bicyclic) bond motifs is 1. The maximum atomic E-state index is 12.3. The van der Waals surface area contributed by atoms with E-state index >= 15 is 0 Å². The quantitative estimate of drug-likeness (QED) is 0.883. The second-order valence-corrected chi connectivity index (χ2v) is 5.17. The van der Waals surface area contributed by atoms with Crippen LogP contribution in [0.25, 0.3) is 0 Å². The van der Waals surface area contributed by atoms with Crippen molar-refractivity contribution in [3.05, 3.63) is 29.8 Å². The molecule has 0 aliphatic carbocycles. The Hall–Kier alpha value is -1.55. The molecule has 4 nitrogen and oxygen atoms in total. The first-order valence-electron chi connectivity index (χ1n) is 6.97. The van der Waals surface area contributed by atoms with Crippen LogP contribution in [0.3, 0.4) is 0 Å². The second kappa shape index (κ2) is 6.06. The summed E-state index contributed by atoms with van der Waals surface area (Å²) in [4.78, 5) is 16.0. The first-order valence-corrected chi connectivity index (χ1v) is 6.97. The molecule has 1 aromatic carbocycles. The zero-order chi connectivity index (χ0) is 13.8. The predicted molar refractivity (Wildman–Crippen MR) is 78.4 cm³/mol. The Labute approximate surface area is 115 Å². The lowest BCUT2D eigenvalue weighted by atomic mass is 10.1. The molecular weight excluding hydrogens is 238 g/mol. The first-order chi connectivity index (χ1) is 9.13. The van der Waals surface area contributed by atoms with Gasteiger partial charge in [-0.25, -0.2) is 4.79 Å². The van der Waals surface area contributed by atoms with Crippen LogP contribution in [-0.4, -0.2) is 37.1 Å². The molecule has 1 aliphatic heterocycles. The molecule has 2 rings (SSSR count). The van der Waals surface area contributed by atoms with Gasteiger partial charge in [0.2, 0.25) is 0 Å². The Morgan fingerprint density at radius 3 is 2.84 bits per heavy atom. The third kappa shape index (κ3) is 3.07. The summed E-state index contributed by atoms with van der Waals surface area (Å²) in [6.45, 7) is 6.69. The summed E-state index contributed by atoms with van der Waals surface area (Å²) >= 11 is 0. The minimum atomic E-state index is 0.0994. The molecule has 2 amide bonds. The predicted octanol–water partition coefficient (Wildman–Crippen LogP) is 2.45. The Balaban J connectivity index is 2.12. The van der Waals surface area contributed by atoms with Crippen LogP contribution in [0.4, 0.5) is 10.5 Å². The normalized spacial score (nSPS) is 16.5. The summed E-state index contributed by atoms with van der Waals surface area (Å²) in [5.41, 5.74) is 2.29. The molecule has 104 valence electrons. The average molecular weight is 261 g/mol. The van der Waals surface area contributed by atoms with Crippen LogP contribution < -0.4 is 10.2 Å². The van der Waals surface area contributed by atoms with E-state index in [1.807, 2.05) is 30.1 Å². The zero-order valence-electron chi connectivity index (χ0n) is 12.0. The van der Waals surface area contributed by atoms with Crippen LogP contribution in [0.5, 0.6) is 0 Å². The number of nitrogens with one attached hydrogen (secondary N) is 1. The van der Waals surface area contributed by atoms with Crippen molar-refractivity contribution in [2.24, 2.45) is 0 Å². The van der Waals surface area contributed by atoms with Crippen LogP contribution in [0.1, 0.15) is 25.8 Å².